The van der Waals surface area contributed by atoms with Gasteiger partial charge in [-0.2, -0.15) is 0 Å². The minimum absolute atomic E-state index is 0.0499. The van der Waals surface area contributed by atoms with Crippen LogP contribution < -0.4 is 4.74 Å². The highest BCUT2D eigenvalue weighted by Crippen LogP contribution is 2.13. The monoisotopic (exact) mass is 283 g/mol. The van der Waals surface area contributed by atoms with Crippen LogP contribution in [-0.4, -0.2) is 36.9 Å². The third kappa shape index (κ3) is 5.52. The van der Waals surface area contributed by atoms with Crippen molar-refractivity contribution >= 4 is 17.5 Å². The summed E-state index contributed by atoms with van der Waals surface area (Å²) in [6.07, 6.45) is 3.06. The first kappa shape index (κ1) is 15.8. The summed E-state index contributed by atoms with van der Waals surface area (Å²) in [4.78, 5) is 13.9. The van der Waals surface area contributed by atoms with Gasteiger partial charge in [0.25, 0.3) is 5.91 Å². The highest BCUT2D eigenvalue weighted by molar-refractivity contribution is 6.17. The normalized spacial score (nSPS) is 10.3. The molecule has 0 saturated heterocycles. The van der Waals surface area contributed by atoms with Crippen LogP contribution in [0, 0.1) is 0 Å². The van der Waals surface area contributed by atoms with Crippen LogP contribution in [-0.2, 0) is 0 Å². The van der Waals surface area contributed by atoms with Crippen molar-refractivity contribution in [1.82, 2.24) is 4.90 Å². The maximum Gasteiger partial charge on any atom is 0.253 e. The zero-order valence-electron chi connectivity index (χ0n) is 11.7. The Morgan fingerprint density at radius 3 is 2.47 bits per heavy atom. The van der Waals surface area contributed by atoms with E-state index in [4.69, 9.17) is 16.3 Å². The second kappa shape index (κ2) is 8.81. The van der Waals surface area contributed by atoms with Crippen molar-refractivity contribution in [3.8, 4) is 5.75 Å². The molecule has 1 aromatic rings. The second-order valence-electron chi connectivity index (χ2n) is 4.43. The first-order valence-electron chi connectivity index (χ1n) is 6.73. The molecule has 1 rings (SSSR count). The third-order valence-corrected chi connectivity index (χ3v) is 3.15. The van der Waals surface area contributed by atoms with Crippen LogP contribution in [0.2, 0.25) is 0 Å². The lowest BCUT2D eigenvalue weighted by atomic mass is 10.2. The SMILES string of the molecule is CCOc1ccc(C(=O)N(C)CCCCCCl)cc1. The maximum absolute atomic E-state index is 12.1. The van der Waals surface area contributed by atoms with E-state index in [1.807, 2.05) is 38.2 Å². The Morgan fingerprint density at radius 1 is 1.21 bits per heavy atom. The van der Waals surface area contributed by atoms with Crippen LogP contribution in [0.15, 0.2) is 24.3 Å². The van der Waals surface area contributed by atoms with Crippen LogP contribution in [0.4, 0.5) is 0 Å². The molecule has 19 heavy (non-hydrogen) atoms. The van der Waals surface area contributed by atoms with Crippen LogP contribution in [0.1, 0.15) is 36.5 Å². The molecular weight excluding hydrogens is 262 g/mol. The molecule has 0 aliphatic carbocycles. The number of halogens is 1. The van der Waals surface area contributed by atoms with Gasteiger partial charge >= 0.3 is 0 Å². The predicted molar refractivity (Wildman–Crippen MR) is 79.1 cm³/mol. The van der Waals surface area contributed by atoms with Gasteiger partial charge in [0, 0.05) is 25.0 Å². The lowest BCUT2D eigenvalue weighted by molar-refractivity contribution is 0.0792. The number of alkyl halides is 1. The molecule has 1 aromatic carbocycles. The van der Waals surface area contributed by atoms with Gasteiger partial charge < -0.3 is 9.64 Å². The lowest BCUT2D eigenvalue weighted by Gasteiger charge is -2.17. The molecule has 0 aliphatic heterocycles. The molecule has 0 saturated carbocycles. The Bertz CT molecular complexity index is 378. The van der Waals surface area contributed by atoms with E-state index < -0.39 is 0 Å². The minimum atomic E-state index is 0.0499. The van der Waals surface area contributed by atoms with E-state index in [1.165, 1.54) is 0 Å². The molecule has 0 aromatic heterocycles. The van der Waals surface area contributed by atoms with E-state index in [1.54, 1.807) is 4.90 Å². The molecule has 0 radical (unpaired) electrons. The minimum Gasteiger partial charge on any atom is -0.494 e. The van der Waals surface area contributed by atoms with Crippen molar-refractivity contribution < 1.29 is 9.53 Å². The molecule has 0 fully saturated rings. The van der Waals surface area contributed by atoms with Gasteiger partial charge in [-0.3, -0.25) is 4.79 Å². The van der Waals surface area contributed by atoms with Crippen molar-refractivity contribution in [3.63, 3.8) is 0 Å². The van der Waals surface area contributed by atoms with E-state index in [9.17, 15) is 4.79 Å². The number of rotatable bonds is 8. The number of hydrogen-bond donors (Lipinski definition) is 0. The zero-order chi connectivity index (χ0) is 14.1. The number of nitrogens with zero attached hydrogens (tertiary/aromatic N) is 1. The summed E-state index contributed by atoms with van der Waals surface area (Å²) in [5.74, 6) is 1.54. The summed E-state index contributed by atoms with van der Waals surface area (Å²) in [6.45, 7) is 3.34. The molecule has 106 valence electrons. The predicted octanol–water partition coefficient (Wildman–Crippen LogP) is 3.57. The summed E-state index contributed by atoms with van der Waals surface area (Å²) < 4.78 is 5.36. The summed E-state index contributed by atoms with van der Waals surface area (Å²) >= 11 is 5.62. The Labute approximate surface area is 120 Å². The molecule has 4 heteroatoms. The molecule has 1 amide bonds. The van der Waals surface area contributed by atoms with Gasteiger partial charge in [-0.15, -0.1) is 11.6 Å². The summed E-state index contributed by atoms with van der Waals surface area (Å²) in [5.41, 5.74) is 0.697. The van der Waals surface area contributed by atoms with Crippen LogP contribution in [0.25, 0.3) is 0 Å². The topological polar surface area (TPSA) is 29.5 Å². The number of amides is 1. The molecule has 0 heterocycles. The van der Waals surface area contributed by atoms with Gasteiger partial charge in [-0.1, -0.05) is 6.42 Å². The molecule has 0 N–H and O–H groups in total. The number of carbonyl (C=O) groups excluding carboxylic acids is 1. The van der Waals surface area contributed by atoms with Gasteiger partial charge in [-0.25, -0.2) is 0 Å². The van der Waals surface area contributed by atoms with Crippen LogP contribution in [0.3, 0.4) is 0 Å². The summed E-state index contributed by atoms with van der Waals surface area (Å²) in [5, 5.41) is 0. The highest BCUT2D eigenvalue weighted by atomic mass is 35.5. The smallest absolute Gasteiger partial charge is 0.253 e. The van der Waals surface area contributed by atoms with E-state index in [-0.39, 0.29) is 5.91 Å². The van der Waals surface area contributed by atoms with Crippen molar-refractivity contribution in [3.05, 3.63) is 29.8 Å². The fourth-order valence-electron chi connectivity index (χ4n) is 1.80. The quantitative estimate of drug-likeness (QED) is 0.539. The van der Waals surface area contributed by atoms with Crippen LogP contribution in [0.5, 0.6) is 5.75 Å². The summed E-state index contributed by atoms with van der Waals surface area (Å²) in [7, 11) is 1.83. The van der Waals surface area contributed by atoms with Crippen LogP contribution >= 0.6 is 11.6 Å². The van der Waals surface area contributed by atoms with E-state index in [0.29, 0.717) is 18.1 Å². The molecule has 0 unspecified atom stereocenters. The van der Waals surface area contributed by atoms with Gasteiger partial charge in [0.15, 0.2) is 0 Å². The number of ether oxygens (including phenoxy) is 1. The number of hydrogen-bond acceptors (Lipinski definition) is 2. The van der Waals surface area contributed by atoms with Crippen molar-refractivity contribution in [2.45, 2.75) is 26.2 Å². The van der Waals surface area contributed by atoms with Crippen molar-refractivity contribution in [2.24, 2.45) is 0 Å². The summed E-state index contributed by atoms with van der Waals surface area (Å²) in [6, 6.07) is 7.28. The average molecular weight is 284 g/mol. The van der Waals surface area contributed by atoms with E-state index in [0.717, 1.165) is 31.6 Å². The zero-order valence-corrected chi connectivity index (χ0v) is 12.4. The lowest BCUT2D eigenvalue weighted by Crippen LogP contribution is -2.27. The molecule has 0 spiro atoms. The number of benzene rings is 1. The Hall–Kier alpha value is -1.22. The Balaban J connectivity index is 2.47. The van der Waals surface area contributed by atoms with E-state index >= 15 is 0 Å². The highest BCUT2D eigenvalue weighted by Gasteiger charge is 2.10. The van der Waals surface area contributed by atoms with Gasteiger partial charge in [0.05, 0.1) is 6.61 Å². The van der Waals surface area contributed by atoms with Crippen molar-refractivity contribution in [2.75, 3.05) is 26.1 Å². The van der Waals surface area contributed by atoms with Gasteiger partial charge in [0.2, 0.25) is 0 Å². The first-order chi connectivity index (χ1) is 9.19. The molecule has 0 bridgehead atoms. The largest absolute Gasteiger partial charge is 0.494 e. The van der Waals surface area contributed by atoms with Gasteiger partial charge in [-0.05, 0) is 44.0 Å². The van der Waals surface area contributed by atoms with Crippen molar-refractivity contribution in [1.29, 1.82) is 0 Å². The average Bonchev–Trinajstić information content (AvgIpc) is 2.44. The molecule has 0 aliphatic rings. The van der Waals surface area contributed by atoms with E-state index in [2.05, 4.69) is 0 Å². The Morgan fingerprint density at radius 2 is 1.89 bits per heavy atom. The third-order valence-electron chi connectivity index (χ3n) is 2.89. The fourth-order valence-corrected chi connectivity index (χ4v) is 1.99. The molecule has 3 nitrogen and oxygen atoms in total. The second-order valence-corrected chi connectivity index (χ2v) is 4.81. The first-order valence-corrected chi connectivity index (χ1v) is 7.26. The molecule has 0 atom stereocenters. The Kier molecular flexibility index (Phi) is 7.34. The fraction of sp³-hybridized carbons (Fsp3) is 0.533. The number of carbonyl (C=O) groups is 1. The maximum atomic E-state index is 12.1. The van der Waals surface area contributed by atoms with Gasteiger partial charge in [0.1, 0.15) is 5.75 Å². The number of unbranched alkanes of at least 4 members (excludes halogenated alkanes) is 2. The standard InChI is InChI=1S/C15H22ClNO2/c1-3-19-14-9-7-13(8-10-14)15(18)17(2)12-6-4-5-11-16/h7-10H,3-6,11-12H2,1-2H3. The molecular formula is C15H22ClNO2.